The largest absolute Gasteiger partial charge is 0.496 e. The minimum atomic E-state index is -0.170. The fourth-order valence-electron chi connectivity index (χ4n) is 3.55. The molecule has 1 amide bonds. The molecule has 1 N–H and O–H groups in total. The highest BCUT2D eigenvalue weighted by Gasteiger charge is 2.20. The number of aromatic nitrogens is 4. The zero-order valence-corrected chi connectivity index (χ0v) is 17.4. The van der Waals surface area contributed by atoms with Gasteiger partial charge in [0, 0.05) is 19.6 Å². The van der Waals surface area contributed by atoms with Gasteiger partial charge in [0.1, 0.15) is 11.6 Å². The van der Waals surface area contributed by atoms with E-state index in [0.717, 1.165) is 35.1 Å². The molecule has 1 aromatic carbocycles. The molecule has 0 bridgehead atoms. The third-order valence-corrected chi connectivity index (χ3v) is 5.55. The standard InChI is InChI=1S/C20H24N6O2S/c1-28-16-8-4-3-7-14(16)19(27)21-9-12-26-18-15(13-22-26)17(23-20(24-18)29-2)25-10-5-6-11-25/h3-4,7-8,13H,5-6,9-12H2,1-2H3,(H,21,27). The molecule has 3 aromatic rings. The molecule has 0 aliphatic carbocycles. The normalized spacial score (nSPS) is 13.8. The second kappa shape index (κ2) is 8.69. The minimum absolute atomic E-state index is 0.170. The van der Waals surface area contributed by atoms with Gasteiger partial charge < -0.3 is 15.0 Å². The van der Waals surface area contributed by atoms with Crippen LogP contribution in [0, 0.1) is 0 Å². The van der Waals surface area contributed by atoms with E-state index in [1.807, 2.05) is 29.3 Å². The number of fused-ring (bicyclic) bond motifs is 1. The van der Waals surface area contributed by atoms with Crippen molar-refractivity contribution in [3.63, 3.8) is 0 Å². The first-order valence-electron chi connectivity index (χ1n) is 9.65. The average molecular weight is 413 g/mol. The number of nitrogens with one attached hydrogen (secondary N) is 1. The smallest absolute Gasteiger partial charge is 0.255 e. The summed E-state index contributed by atoms with van der Waals surface area (Å²) in [7, 11) is 1.56. The molecule has 1 aliphatic heterocycles. The van der Waals surface area contributed by atoms with Gasteiger partial charge in [-0.3, -0.25) is 4.79 Å². The predicted molar refractivity (Wildman–Crippen MR) is 114 cm³/mol. The second-order valence-electron chi connectivity index (χ2n) is 6.79. The number of methoxy groups -OCH3 is 1. The Labute approximate surface area is 173 Å². The van der Waals surface area contributed by atoms with Gasteiger partial charge in [-0.15, -0.1) is 0 Å². The molecule has 4 rings (SSSR count). The van der Waals surface area contributed by atoms with Gasteiger partial charge in [0.15, 0.2) is 10.8 Å². The summed E-state index contributed by atoms with van der Waals surface area (Å²) in [5.41, 5.74) is 1.32. The summed E-state index contributed by atoms with van der Waals surface area (Å²) in [6.07, 6.45) is 6.17. The van der Waals surface area contributed by atoms with Crippen LogP contribution in [0.25, 0.3) is 11.0 Å². The highest BCUT2D eigenvalue weighted by Crippen LogP contribution is 2.28. The topological polar surface area (TPSA) is 85.2 Å². The summed E-state index contributed by atoms with van der Waals surface area (Å²) in [5, 5.41) is 9.14. The lowest BCUT2D eigenvalue weighted by molar-refractivity contribution is 0.0949. The lowest BCUT2D eigenvalue weighted by atomic mass is 10.2. The van der Waals surface area contributed by atoms with Gasteiger partial charge in [0.25, 0.3) is 5.91 Å². The molecule has 3 heterocycles. The Morgan fingerprint density at radius 2 is 2.03 bits per heavy atom. The Kier molecular flexibility index (Phi) is 5.84. The average Bonchev–Trinajstić information content (AvgIpc) is 3.43. The van der Waals surface area contributed by atoms with Gasteiger partial charge in [0.05, 0.1) is 30.8 Å². The van der Waals surface area contributed by atoms with Crippen molar-refractivity contribution in [3.8, 4) is 5.75 Å². The number of hydrogen-bond acceptors (Lipinski definition) is 7. The monoisotopic (exact) mass is 412 g/mol. The number of ether oxygens (including phenoxy) is 1. The molecule has 8 nitrogen and oxygen atoms in total. The van der Waals surface area contributed by atoms with E-state index in [1.165, 1.54) is 24.6 Å². The number of hydrogen-bond donors (Lipinski definition) is 1. The fourth-order valence-corrected chi connectivity index (χ4v) is 3.90. The molecule has 2 aromatic heterocycles. The molecule has 152 valence electrons. The quantitative estimate of drug-likeness (QED) is 0.472. The summed E-state index contributed by atoms with van der Waals surface area (Å²) >= 11 is 1.53. The van der Waals surface area contributed by atoms with Crippen LogP contribution < -0.4 is 15.0 Å². The molecular weight excluding hydrogens is 388 g/mol. The van der Waals surface area contributed by atoms with Gasteiger partial charge in [-0.2, -0.15) is 5.10 Å². The Hall–Kier alpha value is -2.81. The lowest BCUT2D eigenvalue weighted by Gasteiger charge is -2.17. The van der Waals surface area contributed by atoms with E-state index < -0.39 is 0 Å². The number of carbonyl (C=O) groups excluding carboxylic acids is 1. The van der Waals surface area contributed by atoms with Crippen molar-refractivity contribution in [2.45, 2.75) is 24.5 Å². The number of benzene rings is 1. The molecule has 0 unspecified atom stereocenters. The number of anilines is 1. The van der Waals surface area contributed by atoms with Crippen LogP contribution in [0.3, 0.4) is 0 Å². The summed E-state index contributed by atoms with van der Waals surface area (Å²) < 4.78 is 7.09. The van der Waals surface area contributed by atoms with Crippen LogP contribution >= 0.6 is 11.8 Å². The number of rotatable bonds is 7. The van der Waals surface area contributed by atoms with E-state index in [0.29, 0.717) is 24.4 Å². The third kappa shape index (κ3) is 4.00. The van der Waals surface area contributed by atoms with Gasteiger partial charge in [-0.05, 0) is 31.2 Å². The first-order chi connectivity index (χ1) is 14.2. The zero-order chi connectivity index (χ0) is 20.2. The Bertz CT molecular complexity index is 1020. The van der Waals surface area contributed by atoms with Crippen molar-refractivity contribution in [1.82, 2.24) is 25.1 Å². The van der Waals surface area contributed by atoms with E-state index in [2.05, 4.69) is 20.3 Å². The summed E-state index contributed by atoms with van der Waals surface area (Å²) in [6, 6.07) is 7.18. The summed E-state index contributed by atoms with van der Waals surface area (Å²) in [4.78, 5) is 24.2. The number of carbonyl (C=O) groups is 1. The molecule has 1 fully saturated rings. The molecule has 29 heavy (non-hydrogen) atoms. The maximum atomic E-state index is 12.5. The van der Waals surface area contributed by atoms with E-state index in [9.17, 15) is 4.79 Å². The van der Waals surface area contributed by atoms with E-state index >= 15 is 0 Å². The molecule has 0 saturated carbocycles. The molecule has 1 aliphatic rings. The SMILES string of the molecule is COc1ccccc1C(=O)NCCn1ncc2c(N3CCCC3)nc(SC)nc21. The molecule has 0 radical (unpaired) electrons. The highest BCUT2D eigenvalue weighted by atomic mass is 32.2. The summed E-state index contributed by atoms with van der Waals surface area (Å²) in [5.74, 6) is 1.35. The maximum Gasteiger partial charge on any atom is 0.255 e. The van der Waals surface area contributed by atoms with Gasteiger partial charge >= 0.3 is 0 Å². The van der Waals surface area contributed by atoms with Crippen LogP contribution in [0.1, 0.15) is 23.2 Å². The number of amides is 1. The lowest BCUT2D eigenvalue weighted by Crippen LogP contribution is -2.28. The molecular formula is C20H24N6O2S. The van der Waals surface area contributed by atoms with Crippen molar-refractivity contribution in [1.29, 1.82) is 0 Å². The molecule has 0 atom stereocenters. The van der Waals surface area contributed by atoms with E-state index in [4.69, 9.17) is 9.72 Å². The molecule has 1 saturated heterocycles. The van der Waals surface area contributed by atoms with Gasteiger partial charge in [-0.25, -0.2) is 14.6 Å². The van der Waals surface area contributed by atoms with Crippen LogP contribution in [0.2, 0.25) is 0 Å². The highest BCUT2D eigenvalue weighted by molar-refractivity contribution is 7.98. The van der Waals surface area contributed by atoms with Crippen molar-refractivity contribution in [2.75, 3.05) is 37.9 Å². The van der Waals surface area contributed by atoms with Crippen molar-refractivity contribution < 1.29 is 9.53 Å². The maximum absolute atomic E-state index is 12.5. The Morgan fingerprint density at radius 1 is 1.24 bits per heavy atom. The fraction of sp³-hybridized carbons (Fsp3) is 0.400. The van der Waals surface area contributed by atoms with Crippen molar-refractivity contribution >= 4 is 34.5 Å². The van der Waals surface area contributed by atoms with Crippen LogP contribution in [-0.4, -0.2) is 58.7 Å². The van der Waals surface area contributed by atoms with Gasteiger partial charge in [-0.1, -0.05) is 23.9 Å². The van der Waals surface area contributed by atoms with Crippen molar-refractivity contribution in [2.24, 2.45) is 0 Å². The number of thioether (sulfide) groups is 1. The van der Waals surface area contributed by atoms with E-state index in [-0.39, 0.29) is 5.91 Å². The molecule has 0 spiro atoms. The van der Waals surface area contributed by atoms with E-state index in [1.54, 1.807) is 19.2 Å². The first kappa shape index (κ1) is 19.5. The number of para-hydroxylation sites is 1. The predicted octanol–water partition coefficient (Wildman–Crippen LogP) is 2.59. The van der Waals surface area contributed by atoms with Crippen LogP contribution in [0.15, 0.2) is 35.6 Å². The minimum Gasteiger partial charge on any atom is -0.496 e. The van der Waals surface area contributed by atoms with Crippen LogP contribution in [0.5, 0.6) is 5.75 Å². The Morgan fingerprint density at radius 3 is 2.79 bits per heavy atom. The number of nitrogens with zero attached hydrogens (tertiary/aromatic N) is 5. The van der Waals surface area contributed by atoms with Crippen LogP contribution in [-0.2, 0) is 6.54 Å². The van der Waals surface area contributed by atoms with Crippen LogP contribution in [0.4, 0.5) is 5.82 Å². The second-order valence-corrected chi connectivity index (χ2v) is 7.56. The van der Waals surface area contributed by atoms with Crippen molar-refractivity contribution in [3.05, 3.63) is 36.0 Å². The first-order valence-corrected chi connectivity index (χ1v) is 10.9. The Balaban J connectivity index is 1.51. The van der Waals surface area contributed by atoms with Gasteiger partial charge in [0.2, 0.25) is 0 Å². The summed E-state index contributed by atoms with van der Waals surface area (Å²) in [6.45, 7) is 2.99. The zero-order valence-electron chi connectivity index (χ0n) is 16.6. The third-order valence-electron chi connectivity index (χ3n) is 5.00. The molecule has 9 heteroatoms.